The van der Waals surface area contributed by atoms with Crippen molar-refractivity contribution in [2.24, 2.45) is 0 Å². The number of methoxy groups -OCH3 is 1. The van der Waals surface area contributed by atoms with Crippen molar-refractivity contribution >= 4 is 18.4 Å². The fourth-order valence-corrected chi connectivity index (χ4v) is 3.03. The minimum absolute atomic E-state index is 0. The molecule has 1 N–H and O–H groups in total. The summed E-state index contributed by atoms with van der Waals surface area (Å²) in [5.41, 5.74) is 1.88. The maximum Gasteiger partial charge on any atom is 0.337 e. The minimum Gasteiger partial charge on any atom is -0.465 e. The summed E-state index contributed by atoms with van der Waals surface area (Å²) in [4.78, 5) is 15.9. The molecule has 0 radical (unpaired) electrons. The predicted molar refractivity (Wildman–Crippen MR) is 101 cm³/mol. The summed E-state index contributed by atoms with van der Waals surface area (Å²) in [5.74, 6) is 0.443. The van der Waals surface area contributed by atoms with Gasteiger partial charge in [0.05, 0.1) is 18.7 Å². The van der Waals surface area contributed by atoms with E-state index in [0.29, 0.717) is 29.0 Å². The maximum absolute atomic E-state index is 11.5. The molecule has 1 aromatic carbocycles. The highest BCUT2D eigenvalue weighted by Gasteiger charge is 2.18. The van der Waals surface area contributed by atoms with Crippen molar-refractivity contribution in [2.75, 3.05) is 20.2 Å². The van der Waals surface area contributed by atoms with Gasteiger partial charge in [0.25, 0.3) is 5.89 Å². The molecule has 4 rings (SSSR count). The minimum atomic E-state index is -0.381. The molecule has 9 heteroatoms. The van der Waals surface area contributed by atoms with Crippen LogP contribution in [0.15, 0.2) is 41.1 Å². The SMILES string of the molecule is COC(=O)c1ccc(-c2noc(-c3ccn(C4CCCNC4)n3)n2)cc1.Cl. The summed E-state index contributed by atoms with van der Waals surface area (Å²) >= 11 is 0. The molecular weight excluding hydrogens is 370 g/mol. The highest BCUT2D eigenvalue weighted by atomic mass is 35.5. The van der Waals surface area contributed by atoms with Gasteiger partial charge in [-0.05, 0) is 37.6 Å². The van der Waals surface area contributed by atoms with Crippen LogP contribution in [0.25, 0.3) is 23.0 Å². The van der Waals surface area contributed by atoms with Gasteiger partial charge in [-0.1, -0.05) is 17.3 Å². The van der Waals surface area contributed by atoms with Crippen LogP contribution in [-0.4, -0.2) is 46.1 Å². The van der Waals surface area contributed by atoms with Crippen LogP contribution >= 0.6 is 12.4 Å². The van der Waals surface area contributed by atoms with Crippen molar-refractivity contribution in [3.05, 3.63) is 42.1 Å². The number of aromatic nitrogens is 4. The van der Waals surface area contributed by atoms with Gasteiger partial charge in [-0.15, -0.1) is 12.4 Å². The number of ether oxygens (including phenoxy) is 1. The van der Waals surface area contributed by atoms with E-state index in [1.54, 1.807) is 24.3 Å². The fourth-order valence-electron chi connectivity index (χ4n) is 3.03. The molecule has 0 saturated carbocycles. The quantitative estimate of drug-likeness (QED) is 0.685. The van der Waals surface area contributed by atoms with E-state index in [1.807, 2.05) is 16.9 Å². The van der Waals surface area contributed by atoms with Gasteiger partial charge in [-0.3, -0.25) is 4.68 Å². The summed E-state index contributed by atoms with van der Waals surface area (Å²) in [7, 11) is 1.35. The summed E-state index contributed by atoms with van der Waals surface area (Å²) in [5, 5.41) is 12.0. The Morgan fingerprint density at radius 3 is 2.81 bits per heavy atom. The van der Waals surface area contributed by atoms with E-state index in [4.69, 9.17) is 9.26 Å². The van der Waals surface area contributed by atoms with Crippen LogP contribution in [0.2, 0.25) is 0 Å². The van der Waals surface area contributed by atoms with Gasteiger partial charge in [0.2, 0.25) is 5.82 Å². The summed E-state index contributed by atoms with van der Waals surface area (Å²) < 4.78 is 12.0. The molecule has 3 heterocycles. The van der Waals surface area contributed by atoms with Crippen LogP contribution in [0, 0.1) is 0 Å². The van der Waals surface area contributed by atoms with Crippen molar-refractivity contribution < 1.29 is 14.1 Å². The molecule has 0 spiro atoms. The smallest absolute Gasteiger partial charge is 0.337 e. The van der Waals surface area contributed by atoms with Crippen molar-refractivity contribution in [2.45, 2.75) is 18.9 Å². The molecule has 8 nitrogen and oxygen atoms in total. The van der Waals surface area contributed by atoms with E-state index >= 15 is 0 Å². The molecule has 1 fully saturated rings. The molecule has 2 aromatic heterocycles. The number of benzene rings is 1. The molecule has 1 atom stereocenters. The lowest BCUT2D eigenvalue weighted by molar-refractivity contribution is 0.0601. The molecule has 0 aliphatic carbocycles. The summed E-state index contributed by atoms with van der Waals surface area (Å²) in [6.07, 6.45) is 4.20. The monoisotopic (exact) mass is 389 g/mol. The Morgan fingerprint density at radius 2 is 2.11 bits per heavy atom. The highest BCUT2D eigenvalue weighted by molar-refractivity contribution is 5.89. The molecule has 0 bridgehead atoms. The lowest BCUT2D eigenvalue weighted by Crippen LogP contribution is -2.31. The lowest BCUT2D eigenvalue weighted by Gasteiger charge is -2.22. The van der Waals surface area contributed by atoms with Crippen LogP contribution in [0.4, 0.5) is 0 Å². The molecular formula is C18H20ClN5O3. The third-order valence-corrected chi connectivity index (χ3v) is 4.46. The Morgan fingerprint density at radius 1 is 1.30 bits per heavy atom. The van der Waals surface area contributed by atoms with E-state index in [9.17, 15) is 4.79 Å². The Balaban J connectivity index is 0.00000210. The fraction of sp³-hybridized carbons (Fsp3) is 0.333. The molecule has 142 valence electrons. The topological polar surface area (TPSA) is 95.1 Å². The number of nitrogens with zero attached hydrogens (tertiary/aromatic N) is 4. The van der Waals surface area contributed by atoms with Crippen LogP contribution in [0.3, 0.4) is 0 Å². The Bertz CT molecular complexity index is 900. The average molecular weight is 390 g/mol. The zero-order chi connectivity index (χ0) is 17.9. The van der Waals surface area contributed by atoms with E-state index < -0.39 is 0 Å². The standard InChI is InChI=1S/C18H19N5O3.ClH/c1-25-18(24)13-6-4-12(5-7-13)16-20-17(26-22-16)15-8-10-23(21-15)14-3-2-9-19-11-14;/h4-8,10,14,19H,2-3,9,11H2,1H3;1H. The van der Waals surface area contributed by atoms with Crippen molar-refractivity contribution in [1.82, 2.24) is 25.2 Å². The molecule has 1 saturated heterocycles. The van der Waals surface area contributed by atoms with Crippen LogP contribution in [-0.2, 0) is 4.74 Å². The van der Waals surface area contributed by atoms with E-state index in [0.717, 1.165) is 31.5 Å². The van der Waals surface area contributed by atoms with E-state index in [-0.39, 0.29) is 18.4 Å². The number of esters is 1. The highest BCUT2D eigenvalue weighted by Crippen LogP contribution is 2.23. The number of nitrogens with one attached hydrogen (secondary N) is 1. The van der Waals surface area contributed by atoms with Crippen LogP contribution in [0.1, 0.15) is 29.2 Å². The van der Waals surface area contributed by atoms with E-state index in [1.165, 1.54) is 7.11 Å². The first kappa shape index (κ1) is 19.1. The second-order valence-corrected chi connectivity index (χ2v) is 6.17. The molecule has 1 unspecified atom stereocenters. The van der Waals surface area contributed by atoms with Gasteiger partial charge in [0.15, 0.2) is 5.69 Å². The number of piperidine rings is 1. The number of rotatable bonds is 4. The number of halogens is 1. The summed E-state index contributed by atoms with van der Waals surface area (Å²) in [6.45, 7) is 1.98. The first-order valence-corrected chi connectivity index (χ1v) is 8.53. The predicted octanol–water partition coefficient (Wildman–Crippen LogP) is 2.73. The third kappa shape index (κ3) is 4.01. The number of carbonyl (C=O) groups excluding carboxylic acids is 1. The summed E-state index contributed by atoms with van der Waals surface area (Å²) in [6, 6.07) is 9.09. The van der Waals surface area contributed by atoms with Crippen molar-refractivity contribution in [3.63, 3.8) is 0 Å². The molecule has 1 aliphatic rings. The van der Waals surface area contributed by atoms with Gasteiger partial charge < -0.3 is 14.6 Å². The Hall–Kier alpha value is -2.71. The molecule has 1 aliphatic heterocycles. The molecule has 3 aromatic rings. The van der Waals surface area contributed by atoms with Crippen molar-refractivity contribution in [3.8, 4) is 23.0 Å². The van der Waals surface area contributed by atoms with Gasteiger partial charge >= 0.3 is 5.97 Å². The molecule has 27 heavy (non-hydrogen) atoms. The number of hydrogen-bond donors (Lipinski definition) is 1. The average Bonchev–Trinajstić information content (AvgIpc) is 3.38. The second-order valence-electron chi connectivity index (χ2n) is 6.17. The molecule has 0 amide bonds. The van der Waals surface area contributed by atoms with Gasteiger partial charge in [0.1, 0.15) is 0 Å². The third-order valence-electron chi connectivity index (χ3n) is 4.46. The van der Waals surface area contributed by atoms with Gasteiger partial charge in [0, 0.05) is 18.3 Å². The van der Waals surface area contributed by atoms with E-state index in [2.05, 4.69) is 20.6 Å². The lowest BCUT2D eigenvalue weighted by atomic mass is 10.1. The van der Waals surface area contributed by atoms with Crippen LogP contribution in [0.5, 0.6) is 0 Å². The Labute approximate surface area is 162 Å². The zero-order valence-corrected chi connectivity index (χ0v) is 15.6. The van der Waals surface area contributed by atoms with Gasteiger partial charge in [-0.25, -0.2) is 4.79 Å². The van der Waals surface area contributed by atoms with Gasteiger partial charge in [-0.2, -0.15) is 10.1 Å². The first-order chi connectivity index (χ1) is 12.7. The first-order valence-electron chi connectivity index (χ1n) is 8.53. The maximum atomic E-state index is 11.5. The zero-order valence-electron chi connectivity index (χ0n) is 14.8. The number of hydrogen-bond acceptors (Lipinski definition) is 7. The second kappa shape index (κ2) is 8.32. The Kier molecular flexibility index (Phi) is 5.88. The number of carbonyl (C=O) groups is 1. The van der Waals surface area contributed by atoms with Crippen molar-refractivity contribution in [1.29, 1.82) is 0 Å². The van der Waals surface area contributed by atoms with Crippen LogP contribution < -0.4 is 5.32 Å². The normalized spacial score (nSPS) is 16.6. The largest absolute Gasteiger partial charge is 0.465 e.